The second kappa shape index (κ2) is 19.4. The molecule has 2 aliphatic heterocycles. The molecule has 2 aliphatic rings. The summed E-state index contributed by atoms with van der Waals surface area (Å²) in [6, 6.07) is 15.6. The van der Waals surface area contributed by atoms with Crippen LogP contribution in [0.15, 0.2) is 53.7 Å². The lowest BCUT2D eigenvalue weighted by Gasteiger charge is -2.28. The number of rotatable bonds is 24. The van der Waals surface area contributed by atoms with Crippen LogP contribution < -0.4 is 9.47 Å². The van der Waals surface area contributed by atoms with Crippen LogP contribution >= 0.6 is 0 Å². The zero-order valence-electron chi connectivity index (χ0n) is 28.2. The molecule has 0 amide bonds. The van der Waals surface area contributed by atoms with Crippen molar-refractivity contribution < 1.29 is 29.0 Å². The van der Waals surface area contributed by atoms with E-state index >= 15 is 0 Å². The number of unbranched alkanes of at least 4 members (excludes halogenated alkanes) is 14. The maximum atomic E-state index is 11.6. The molecule has 0 aliphatic carbocycles. The molecule has 0 spiro atoms. The Bertz CT molecular complexity index is 1180. The molecule has 1 N–H and O–H groups in total. The number of aliphatic carboxylic acids is 1. The first-order chi connectivity index (χ1) is 22.6. The smallest absolute Gasteiger partial charge is 0.306 e. The lowest BCUT2D eigenvalue weighted by atomic mass is 9.95. The molecular formula is C38H56N2O6. The van der Waals surface area contributed by atoms with Crippen molar-refractivity contribution in [1.29, 1.82) is 0 Å². The number of hydroxylamine groups is 2. The van der Waals surface area contributed by atoms with Gasteiger partial charge in [0, 0.05) is 17.5 Å². The molecule has 0 bridgehead atoms. The number of carboxylic acids is 1. The molecule has 2 aromatic carbocycles. The maximum Gasteiger partial charge on any atom is 0.306 e. The minimum atomic E-state index is -1.04. The summed E-state index contributed by atoms with van der Waals surface area (Å²) in [7, 11) is 0. The Kier molecular flexibility index (Phi) is 15.0. The van der Waals surface area contributed by atoms with Gasteiger partial charge >= 0.3 is 5.97 Å². The average Bonchev–Trinajstić information content (AvgIpc) is 3.59. The highest BCUT2D eigenvalue weighted by Gasteiger charge is 2.57. The van der Waals surface area contributed by atoms with E-state index in [1.54, 1.807) is 5.06 Å². The van der Waals surface area contributed by atoms with Crippen LogP contribution in [0.2, 0.25) is 0 Å². The molecule has 8 nitrogen and oxygen atoms in total. The highest BCUT2D eigenvalue weighted by atomic mass is 16.8. The Morgan fingerprint density at radius 3 is 1.74 bits per heavy atom. The molecule has 2 aromatic rings. The van der Waals surface area contributed by atoms with Crippen molar-refractivity contribution in [2.75, 3.05) is 13.2 Å². The van der Waals surface area contributed by atoms with Gasteiger partial charge in [0.2, 0.25) is 5.84 Å². The number of carbonyl (C=O) groups is 1. The lowest BCUT2D eigenvalue weighted by molar-refractivity contribution is -0.200. The van der Waals surface area contributed by atoms with Gasteiger partial charge in [-0.1, -0.05) is 109 Å². The number of fused-ring (bicyclic) bond motifs is 1. The van der Waals surface area contributed by atoms with Gasteiger partial charge in [0.1, 0.15) is 17.6 Å². The zero-order chi connectivity index (χ0) is 32.5. The Labute approximate surface area is 276 Å². The van der Waals surface area contributed by atoms with Crippen LogP contribution in [-0.2, 0) is 20.2 Å². The topological polar surface area (TPSA) is 89.8 Å². The highest BCUT2D eigenvalue weighted by Crippen LogP contribution is 2.47. The van der Waals surface area contributed by atoms with Crippen molar-refractivity contribution in [3.63, 3.8) is 0 Å². The van der Waals surface area contributed by atoms with Crippen LogP contribution in [0.4, 0.5) is 0 Å². The Balaban J connectivity index is 1.28. The average molecular weight is 637 g/mol. The number of hydrogen-bond donors (Lipinski definition) is 1. The number of carboxylic acid groups (broad SMARTS) is 1. The molecular weight excluding hydrogens is 580 g/mol. The third-order valence-corrected chi connectivity index (χ3v) is 8.92. The van der Waals surface area contributed by atoms with E-state index in [0.717, 1.165) is 35.5 Å². The van der Waals surface area contributed by atoms with Gasteiger partial charge in [-0.2, -0.15) is 5.06 Å². The fourth-order valence-corrected chi connectivity index (χ4v) is 6.24. The Morgan fingerprint density at radius 1 is 0.761 bits per heavy atom. The number of nitrogens with zero attached hydrogens (tertiary/aromatic N) is 2. The third kappa shape index (κ3) is 10.6. The van der Waals surface area contributed by atoms with E-state index in [9.17, 15) is 9.90 Å². The first-order valence-electron chi connectivity index (χ1n) is 18.0. The van der Waals surface area contributed by atoms with Gasteiger partial charge in [0.15, 0.2) is 0 Å². The molecule has 1 fully saturated rings. The Morgan fingerprint density at radius 2 is 1.24 bits per heavy atom. The van der Waals surface area contributed by atoms with E-state index in [2.05, 4.69) is 19.0 Å². The van der Waals surface area contributed by atoms with E-state index < -0.39 is 17.8 Å². The van der Waals surface area contributed by atoms with Crippen molar-refractivity contribution >= 4 is 11.8 Å². The fourth-order valence-electron chi connectivity index (χ4n) is 6.24. The molecule has 2 atom stereocenters. The summed E-state index contributed by atoms with van der Waals surface area (Å²) < 4.78 is 12.0. The molecule has 4 rings (SSSR count). The highest BCUT2D eigenvalue weighted by molar-refractivity contribution is 5.99. The first-order valence-corrected chi connectivity index (χ1v) is 18.0. The Hall–Kier alpha value is -3.26. The summed E-state index contributed by atoms with van der Waals surface area (Å²) in [6.07, 6.45) is 19.9. The molecule has 8 heteroatoms. The van der Waals surface area contributed by atoms with Gasteiger partial charge in [-0.3, -0.25) is 9.63 Å². The van der Waals surface area contributed by atoms with Crippen molar-refractivity contribution in [3.8, 4) is 11.5 Å². The number of oxime groups is 1. The monoisotopic (exact) mass is 636 g/mol. The minimum Gasteiger partial charge on any atom is -0.494 e. The summed E-state index contributed by atoms with van der Waals surface area (Å²) in [5.41, 5.74) is 0.601. The van der Waals surface area contributed by atoms with Gasteiger partial charge in [0.25, 0.3) is 5.72 Å². The molecule has 0 aromatic heterocycles. The standard InChI is InChI=1S/C38H56N2O6/c1-3-5-7-9-11-13-15-17-27-43-33-23-19-31(20-24-33)37-39-46-38(30-35(29-36(41)42)45-40(37)38)32-21-25-34(26-22-32)44-28-18-16-14-12-10-8-6-4-2/h19-26,35H,3-18,27-30H2,1-2H3,(H,41,42). The molecule has 0 radical (unpaired) electrons. The lowest BCUT2D eigenvalue weighted by Crippen LogP contribution is -2.40. The van der Waals surface area contributed by atoms with E-state index in [-0.39, 0.29) is 6.42 Å². The SMILES string of the molecule is CCCCCCCCCCOc1ccc(C2=NOC3(c4ccc(OCCCCCCCCCC)cc4)CC(CC(=O)O)ON23)cc1. The predicted molar refractivity (Wildman–Crippen MR) is 182 cm³/mol. The summed E-state index contributed by atoms with van der Waals surface area (Å²) >= 11 is 0. The van der Waals surface area contributed by atoms with Crippen LogP contribution in [0.1, 0.15) is 141 Å². The van der Waals surface area contributed by atoms with Crippen LogP contribution in [0, 0.1) is 0 Å². The van der Waals surface area contributed by atoms with Crippen LogP contribution in [-0.4, -0.2) is 41.3 Å². The molecule has 2 heterocycles. The van der Waals surface area contributed by atoms with Gasteiger partial charge in [0.05, 0.1) is 19.6 Å². The van der Waals surface area contributed by atoms with Gasteiger partial charge in [-0.15, -0.1) is 0 Å². The summed E-state index contributed by atoms with van der Waals surface area (Å²) in [4.78, 5) is 23.9. The zero-order valence-corrected chi connectivity index (χ0v) is 28.2. The maximum absolute atomic E-state index is 11.6. The van der Waals surface area contributed by atoms with Crippen LogP contribution in [0.25, 0.3) is 0 Å². The van der Waals surface area contributed by atoms with Gasteiger partial charge in [-0.05, 0) is 61.4 Å². The molecule has 46 heavy (non-hydrogen) atoms. The summed E-state index contributed by atoms with van der Waals surface area (Å²) in [6.45, 7) is 5.89. The van der Waals surface area contributed by atoms with Gasteiger partial charge in [-0.25, -0.2) is 0 Å². The van der Waals surface area contributed by atoms with Gasteiger partial charge < -0.3 is 19.4 Å². The molecule has 2 unspecified atom stereocenters. The molecule has 254 valence electrons. The van der Waals surface area contributed by atoms with Crippen LogP contribution in [0.5, 0.6) is 11.5 Å². The number of benzene rings is 2. The second-order valence-corrected chi connectivity index (χ2v) is 12.8. The number of hydrogen-bond acceptors (Lipinski definition) is 7. The quantitative estimate of drug-likeness (QED) is 0.115. The van der Waals surface area contributed by atoms with E-state index in [1.807, 2.05) is 48.5 Å². The minimum absolute atomic E-state index is 0.125. The van der Waals surface area contributed by atoms with Crippen molar-refractivity contribution in [1.82, 2.24) is 5.06 Å². The normalized spacial score (nSPS) is 18.7. The first kappa shape index (κ1) is 35.6. The van der Waals surface area contributed by atoms with Crippen molar-refractivity contribution in [2.45, 2.75) is 141 Å². The second-order valence-electron chi connectivity index (χ2n) is 12.8. The summed E-state index contributed by atoms with van der Waals surface area (Å²) in [5, 5.41) is 15.6. The summed E-state index contributed by atoms with van der Waals surface area (Å²) in [5.74, 6) is 1.21. The fraction of sp³-hybridized carbons (Fsp3) is 0.632. The van der Waals surface area contributed by atoms with E-state index in [0.29, 0.717) is 25.5 Å². The largest absolute Gasteiger partial charge is 0.494 e. The number of amidine groups is 1. The number of ether oxygens (including phenoxy) is 2. The van der Waals surface area contributed by atoms with E-state index in [4.69, 9.17) is 19.1 Å². The molecule has 1 saturated heterocycles. The third-order valence-electron chi connectivity index (χ3n) is 8.92. The van der Waals surface area contributed by atoms with Crippen molar-refractivity contribution in [3.05, 3.63) is 59.7 Å². The van der Waals surface area contributed by atoms with Crippen molar-refractivity contribution in [2.24, 2.45) is 5.16 Å². The van der Waals surface area contributed by atoms with Crippen LogP contribution in [0.3, 0.4) is 0 Å². The molecule has 0 saturated carbocycles. The van der Waals surface area contributed by atoms with E-state index in [1.165, 1.54) is 89.9 Å². The predicted octanol–water partition coefficient (Wildman–Crippen LogP) is 9.75.